The van der Waals surface area contributed by atoms with Gasteiger partial charge in [0.1, 0.15) is 5.82 Å². The highest BCUT2D eigenvalue weighted by Gasteiger charge is 2.05. The van der Waals surface area contributed by atoms with Crippen LogP contribution in [0, 0.1) is 17.1 Å². The van der Waals surface area contributed by atoms with Gasteiger partial charge in [-0.05, 0) is 30.7 Å². The van der Waals surface area contributed by atoms with E-state index < -0.39 is 0 Å². The van der Waals surface area contributed by atoms with Crippen molar-refractivity contribution < 1.29 is 4.39 Å². The molecule has 0 aliphatic heterocycles. The Bertz CT molecular complexity index is 687. The molecule has 7 heteroatoms. The summed E-state index contributed by atoms with van der Waals surface area (Å²) in [5, 5.41) is 19.2. The van der Waals surface area contributed by atoms with Gasteiger partial charge in [0.15, 0.2) is 5.96 Å². The summed E-state index contributed by atoms with van der Waals surface area (Å²) < 4.78 is 15.6. The van der Waals surface area contributed by atoms with Crippen LogP contribution in [-0.4, -0.2) is 29.3 Å². The Morgan fingerprint density at radius 2 is 2.30 bits per heavy atom. The van der Waals surface area contributed by atoms with Gasteiger partial charge in [0.05, 0.1) is 11.6 Å². The number of rotatable bonds is 6. The van der Waals surface area contributed by atoms with E-state index in [0.717, 1.165) is 19.5 Å². The molecule has 1 aromatic carbocycles. The number of benzene rings is 1. The largest absolute Gasteiger partial charge is 0.356 e. The first kappa shape index (κ1) is 16.5. The zero-order chi connectivity index (χ0) is 16.5. The molecule has 0 spiro atoms. The molecule has 1 heterocycles. The van der Waals surface area contributed by atoms with Crippen LogP contribution in [0.3, 0.4) is 0 Å². The molecular weight excluding hydrogens is 295 g/mol. The van der Waals surface area contributed by atoms with Crippen LogP contribution in [-0.2, 0) is 13.1 Å². The van der Waals surface area contributed by atoms with Gasteiger partial charge in [-0.2, -0.15) is 10.4 Å². The second-order valence-electron chi connectivity index (χ2n) is 4.89. The summed E-state index contributed by atoms with van der Waals surface area (Å²) in [6, 6.07) is 8.19. The Balaban J connectivity index is 1.78. The molecule has 1 aromatic heterocycles. The monoisotopic (exact) mass is 314 g/mol. The summed E-state index contributed by atoms with van der Waals surface area (Å²) in [7, 11) is 1.66. The maximum atomic E-state index is 13.7. The molecule has 0 aliphatic rings. The lowest BCUT2D eigenvalue weighted by Crippen LogP contribution is -2.37. The third-order valence-electron chi connectivity index (χ3n) is 3.26. The second kappa shape index (κ2) is 8.54. The number of hydrogen-bond donors (Lipinski definition) is 2. The number of nitrogens with zero attached hydrogens (tertiary/aromatic N) is 4. The van der Waals surface area contributed by atoms with Gasteiger partial charge in [0.25, 0.3) is 0 Å². The van der Waals surface area contributed by atoms with E-state index in [4.69, 9.17) is 5.26 Å². The van der Waals surface area contributed by atoms with Crippen LogP contribution in [0.5, 0.6) is 0 Å². The Kier molecular flexibility index (Phi) is 6.12. The van der Waals surface area contributed by atoms with E-state index >= 15 is 0 Å². The summed E-state index contributed by atoms with van der Waals surface area (Å²) in [4.78, 5) is 4.09. The number of aryl methyl sites for hydroxylation is 1. The Morgan fingerprint density at radius 1 is 1.43 bits per heavy atom. The average Bonchev–Trinajstić information content (AvgIpc) is 3.09. The summed E-state index contributed by atoms with van der Waals surface area (Å²) >= 11 is 0. The summed E-state index contributed by atoms with van der Waals surface area (Å²) in [6.45, 7) is 1.80. The zero-order valence-electron chi connectivity index (χ0n) is 13.0. The molecule has 6 nitrogen and oxygen atoms in total. The van der Waals surface area contributed by atoms with Gasteiger partial charge in [-0.1, -0.05) is 0 Å². The van der Waals surface area contributed by atoms with Crippen molar-refractivity contribution in [2.45, 2.75) is 19.5 Å². The molecule has 0 radical (unpaired) electrons. The molecule has 2 rings (SSSR count). The second-order valence-corrected chi connectivity index (χ2v) is 4.89. The van der Waals surface area contributed by atoms with E-state index in [9.17, 15) is 4.39 Å². The Morgan fingerprint density at radius 3 is 3.00 bits per heavy atom. The molecule has 0 aliphatic carbocycles. The first-order chi connectivity index (χ1) is 11.2. The molecule has 0 atom stereocenters. The minimum Gasteiger partial charge on any atom is -0.356 e. The van der Waals surface area contributed by atoms with E-state index in [-0.39, 0.29) is 12.4 Å². The molecular formula is C16H19FN6. The fourth-order valence-corrected chi connectivity index (χ4v) is 2.06. The molecule has 0 saturated heterocycles. The van der Waals surface area contributed by atoms with Crippen LogP contribution in [0.15, 0.2) is 41.7 Å². The third-order valence-corrected chi connectivity index (χ3v) is 3.26. The van der Waals surface area contributed by atoms with Gasteiger partial charge in [0.2, 0.25) is 0 Å². The number of nitriles is 1. The lowest BCUT2D eigenvalue weighted by molar-refractivity contribution is 0.569. The van der Waals surface area contributed by atoms with Crippen molar-refractivity contribution in [1.82, 2.24) is 20.4 Å². The minimum atomic E-state index is -0.342. The third kappa shape index (κ3) is 5.11. The number of hydrogen-bond acceptors (Lipinski definition) is 3. The normalized spacial score (nSPS) is 11.1. The summed E-state index contributed by atoms with van der Waals surface area (Å²) in [6.07, 6.45) is 4.55. The zero-order valence-corrected chi connectivity index (χ0v) is 13.0. The van der Waals surface area contributed by atoms with Crippen LogP contribution >= 0.6 is 0 Å². The molecule has 0 fully saturated rings. The van der Waals surface area contributed by atoms with E-state index in [2.05, 4.69) is 20.7 Å². The lowest BCUT2D eigenvalue weighted by atomic mass is 10.1. The van der Waals surface area contributed by atoms with Crippen molar-refractivity contribution in [2.24, 2.45) is 4.99 Å². The Hall–Kier alpha value is -2.88. The van der Waals surface area contributed by atoms with Crippen molar-refractivity contribution in [3.63, 3.8) is 0 Å². The highest BCUT2D eigenvalue weighted by Crippen LogP contribution is 2.09. The fraction of sp³-hybridized carbons (Fsp3) is 0.312. The predicted molar refractivity (Wildman–Crippen MR) is 86.2 cm³/mol. The minimum absolute atomic E-state index is 0.264. The molecule has 0 saturated carbocycles. The predicted octanol–water partition coefficient (Wildman–Crippen LogP) is 1.65. The van der Waals surface area contributed by atoms with E-state index in [1.54, 1.807) is 13.2 Å². The molecule has 2 N–H and O–H groups in total. The number of aliphatic imine (C=N–C) groups is 1. The van der Waals surface area contributed by atoms with Gasteiger partial charge in [-0.15, -0.1) is 0 Å². The van der Waals surface area contributed by atoms with E-state index in [1.807, 2.05) is 23.0 Å². The van der Waals surface area contributed by atoms with Crippen LogP contribution in [0.1, 0.15) is 17.5 Å². The topological polar surface area (TPSA) is 78.0 Å². The van der Waals surface area contributed by atoms with Gasteiger partial charge in [-0.3, -0.25) is 9.67 Å². The maximum Gasteiger partial charge on any atom is 0.191 e. The smallest absolute Gasteiger partial charge is 0.191 e. The molecule has 0 bridgehead atoms. The average molecular weight is 314 g/mol. The van der Waals surface area contributed by atoms with Crippen molar-refractivity contribution in [1.29, 1.82) is 5.26 Å². The number of aromatic nitrogens is 2. The van der Waals surface area contributed by atoms with Gasteiger partial charge < -0.3 is 10.6 Å². The van der Waals surface area contributed by atoms with E-state index in [0.29, 0.717) is 17.1 Å². The summed E-state index contributed by atoms with van der Waals surface area (Å²) in [5.41, 5.74) is 0.869. The standard InChI is InChI=1S/C16H19FN6/c1-19-16(20-6-2-8-23-9-3-7-22-23)21-12-14-10-13(11-18)4-5-15(14)17/h3-5,7,9-10H,2,6,8,12H2,1H3,(H2,19,20,21). The lowest BCUT2D eigenvalue weighted by Gasteiger charge is -2.12. The fourth-order valence-electron chi connectivity index (χ4n) is 2.06. The van der Waals surface area contributed by atoms with Crippen LogP contribution < -0.4 is 10.6 Å². The first-order valence-electron chi connectivity index (χ1n) is 7.33. The van der Waals surface area contributed by atoms with Gasteiger partial charge in [0, 0.05) is 44.6 Å². The number of nitrogens with one attached hydrogen (secondary N) is 2. The first-order valence-corrected chi connectivity index (χ1v) is 7.33. The maximum absolute atomic E-state index is 13.7. The Labute approximate surface area is 134 Å². The number of halogens is 1. The van der Waals surface area contributed by atoms with Crippen LogP contribution in [0.2, 0.25) is 0 Å². The van der Waals surface area contributed by atoms with Gasteiger partial charge >= 0.3 is 0 Å². The molecule has 120 valence electrons. The highest BCUT2D eigenvalue weighted by molar-refractivity contribution is 5.79. The van der Waals surface area contributed by atoms with Crippen molar-refractivity contribution in [2.75, 3.05) is 13.6 Å². The van der Waals surface area contributed by atoms with E-state index in [1.165, 1.54) is 18.2 Å². The quantitative estimate of drug-likeness (QED) is 0.483. The molecule has 23 heavy (non-hydrogen) atoms. The van der Waals surface area contributed by atoms with Crippen LogP contribution in [0.4, 0.5) is 4.39 Å². The van der Waals surface area contributed by atoms with Crippen molar-refractivity contribution >= 4 is 5.96 Å². The van der Waals surface area contributed by atoms with Crippen LogP contribution in [0.25, 0.3) is 0 Å². The van der Waals surface area contributed by atoms with Crippen molar-refractivity contribution in [3.05, 3.63) is 53.6 Å². The SMILES string of the molecule is CN=C(NCCCn1cccn1)NCc1cc(C#N)ccc1F. The molecule has 0 amide bonds. The number of guanidine groups is 1. The molecule has 0 unspecified atom stereocenters. The summed E-state index contributed by atoms with van der Waals surface area (Å²) in [5.74, 6) is 0.248. The molecule has 2 aromatic rings. The van der Waals surface area contributed by atoms with Crippen molar-refractivity contribution in [3.8, 4) is 6.07 Å². The van der Waals surface area contributed by atoms with Gasteiger partial charge in [-0.25, -0.2) is 4.39 Å². The highest BCUT2D eigenvalue weighted by atomic mass is 19.1.